The van der Waals surface area contributed by atoms with Crippen LogP contribution in [0.25, 0.3) is 16.9 Å². The van der Waals surface area contributed by atoms with Gasteiger partial charge in [0, 0.05) is 17.7 Å². The molecular weight excluding hydrogens is 354 g/mol. The third-order valence-corrected chi connectivity index (χ3v) is 4.40. The summed E-state index contributed by atoms with van der Waals surface area (Å²) in [5.74, 6) is 0.776. The highest BCUT2D eigenvalue weighted by molar-refractivity contribution is 5.91. The van der Waals surface area contributed by atoms with Crippen LogP contribution in [0.4, 0.5) is 5.69 Å². The van der Waals surface area contributed by atoms with Gasteiger partial charge in [0.1, 0.15) is 12.1 Å². The van der Waals surface area contributed by atoms with Crippen LogP contribution in [0.5, 0.6) is 5.75 Å². The predicted octanol–water partition coefficient (Wildman–Crippen LogP) is 3.37. The maximum Gasteiger partial charge on any atom is 0.224 e. The van der Waals surface area contributed by atoms with Crippen LogP contribution in [0, 0.1) is 0 Å². The molecule has 0 unspecified atom stereocenters. The maximum absolute atomic E-state index is 12.3. The third kappa shape index (κ3) is 3.98. The number of nitrogens with one attached hydrogen (secondary N) is 1. The number of aryl methyl sites for hydroxylation is 1. The number of anilines is 1. The first-order valence-corrected chi connectivity index (χ1v) is 8.91. The normalized spacial score (nSPS) is 10.8. The van der Waals surface area contributed by atoms with Crippen molar-refractivity contribution in [2.24, 2.45) is 0 Å². The zero-order chi connectivity index (χ0) is 19.3. The van der Waals surface area contributed by atoms with Gasteiger partial charge in [0.05, 0.1) is 12.8 Å². The Kier molecular flexibility index (Phi) is 4.97. The van der Waals surface area contributed by atoms with Crippen LogP contribution in [0.15, 0.2) is 67.0 Å². The number of hydrogen-bond acceptors (Lipinski definition) is 5. The Morgan fingerprint density at radius 2 is 1.96 bits per heavy atom. The lowest BCUT2D eigenvalue weighted by molar-refractivity contribution is -0.116. The molecule has 140 valence electrons. The highest BCUT2D eigenvalue weighted by Gasteiger charge is 2.07. The molecular formula is C21H19N5O2. The van der Waals surface area contributed by atoms with Gasteiger partial charge in [0.25, 0.3) is 0 Å². The average molecular weight is 373 g/mol. The average Bonchev–Trinajstić information content (AvgIpc) is 3.21. The molecule has 0 saturated carbocycles. The zero-order valence-electron chi connectivity index (χ0n) is 15.4. The van der Waals surface area contributed by atoms with Crippen LogP contribution in [0.2, 0.25) is 0 Å². The van der Waals surface area contributed by atoms with Gasteiger partial charge in [0.15, 0.2) is 5.65 Å². The summed E-state index contributed by atoms with van der Waals surface area (Å²) in [5, 5.41) is 15.2. The van der Waals surface area contributed by atoms with Gasteiger partial charge in [-0.25, -0.2) is 0 Å². The molecule has 0 bridgehead atoms. The van der Waals surface area contributed by atoms with Crippen LogP contribution < -0.4 is 10.1 Å². The van der Waals surface area contributed by atoms with Crippen molar-refractivity contribution in [3.05, 3.63) is 72.6 Å². The molecule has 1 N–H and O–H groups in total. The zero-order valence-corrected chi connectivity index (χ0v) is 15.4. The quantitative estimate of drug-likeness (QED) is 0.560. The smallest absolute Gasteiger partial charge is 0.224 e. The molecule has 0 atom stereocenters. The van der Waals surface area contributed by atoms with Crippen LogP contribution in [0.1, 0.15) is 12.0 Å². The predicted molar refractivity (Wildman–Crippen MR) is 106 cm³/mol. The van der Waals surface area contributed by atoms with Crippen molar-refractivity contribution < 1.29 is 9.53 Å². The number of fused-ring (bicyclic) bond motifs is 1. The molecule has 2 aromatic carbocycles. The summed E-state index contributed by atoms with van der Waals surface area (Å²) >= 11 is 0. The summed E-state index contributed by atoms with van der Waals surface area (Å²) in [5.41, 5.74) is 4.20. The number of carbonyl (C=O) groups is 1. The van der Waals surface area contributed by atoms with E-state index in [1.807, 2.05) is 60.7 Å². The van der Waals surface area contributed by atoms with Gasteiger partial charge >= 0.3 is 0 Å². The molecule has 0 aliphatic carbocycles. The number of nitrogens with zero attached hydrogens (tertiary/aromatic N) is 4. The fraction of sp³-hybridized carbons (Fsp3) is 0.143. The minimum absolute atomic E-state index is 0.0322. The van der Waals surface area contributed by atoms with E-state index in [0.29, 0.717) is 18.5 Å². The van der Waals surface area contributed by atoms with E-state index in [0.717, 1.165) is 28.3 Å². The standard InChI is InChI=1S/C21H19N5O2/c1-28-18-8-5-15(6-9-18)7-12-21(27)23-17-4-2-3-16(13-17)19-10-11-20-24-22-14-26(20)25-19/h2-6,8-11,13-14H,7,12H2,1H3,(H,23,27). The molecule has 4 aromatic rings. The summed E-state index contributed by atoms with van der Waals surface area (Å²) in [4.78, 5) is 12.3. The Balaban J connectivity index is 1.41. The van der Waals surface area contributed by atoms with E-state index in [1.165, 1.54) is 0 Å². The van der Waals surface area contributed by atoms with Crippen molar-refractivity contribution >= 4 is 17.2 Å². The second-order valence-electron chi connectivity index (χ2n) is 6.33. The van der Waals surface area contributed by atoms with Crippen LogP contribution in [0.3, 0.4) is 0 Å². The number of ether oxygens (including phenoxy) is 1. The van der Waals surface area contributed by atoms with Gasteiger partial charge in [-0.05, 0) is 48.4 Å². The van der Waals surface area contributed by atoms with Gasteiger partial charge in [0.2, 0.25) is 5.91 Å². The Morgan fingerprint density at radius 1 is 1.11 bits per heavy atom. The Bertz CT molecular complexity index is 1110. The number of rotatable bonds is 6. The highest BCUT2D eigenvalue weighted by atomic mass is 16.5. The minimum Gasteiger partial charge on any atom is -0.497 e. The minimum atomic E-state index is -0.0322. The molecule has 1 amide bonds. The third-order valence-electron chi connectivity index (χ3n) is 4.40. The van der Waals surface area contributed by atoms with Crippen LogP contribution in [-0.2, 0) is 11.2 Å². The van der Waals surface area contributed by atoms with E-state index in [1.54, 1.807) is 18.0 Å². The van der Waals surface area contributed by atoms with Gasteiger partial charge in [-0.1, -0.05) is 24.3 Å². The first-order chi connectivity index (χ1) is 13.7. The van der Waals surface area contributed by atoms with Crippen molar-refractivity contribution in [1.29, 1.82) is 0 Å². The lowest BCUT2D eigenvalue weighted by Gasteiger charge is -2.08. The molecule has 28 heavy (non-hydrogen) atoms. The van der Waals surface area contributed by atoms with Gasteiger partial charge < -0.3 is 10.1 Å². The molecule has 7 heteroatoms. The van der Waals surface area contributed by atoms with E-state index in [9.17, 15) is 4.79 Å². The van der Waals surface area contributed by atoms with Crippen LogP contribution in [-0.4, -0.2) is 32.8 Å². The second-order valence-corrected chi connectivity index (χ2v) is 6.33. The van der Waals surface area contributed by atoms with E-state index in [2.05, 4.69) is 20.6 Å². The number of carbonyl (C=O) groups excluding carboxylic acids is 1. The number of benzene rings is 2. The molecule has 2 aromatic heterocycles. The Hall–Kier alpha value is -3.74. The number of methoxy groups -OCH3 is 1. The van der Waals surface area contributed by atoms with Crippen molar-refractivity contribution in [2.75, 3.05) is 12.4 Å². The molecule has 7 nitrogen and oxygen atoms in total. The highest BCUT2D eigenvalue weighted by Crippen LogP contribution is 2.21. The molecule has 0 saturated heterocycles. The Morgan fingerprint density at radius 3 is 2.79 bits per heavy atom. The fourth-order valence-corrected chi connectivity index (χ4v) is 2.91. The fourth-order valence-electron chi connectivity index (χ4n) is 2.91. The lowest BCUT2D eigenvalue weighted by Crippen LogP contribution is -2.12. The summed E-state index contributed by atoms with van der Waals surface area (Å²) in [6.45, 7) is 0. The van der Waals surface area contributed by atoms with E-state index < -0.39 is 0 Å². The van der Waals surface area contributed by atoms with Crippen molar-refractivity contribution in [3.63, 3.8) is 0 Å². The molecule has 0 aliphatic rings. The van der Waals surface area contributed by atoms with Crippen LogP contribution >= 0.6 is 0 Å². The molecule has 2 heterocycles. The summed E-state index contributed by atoms with van der Waals surface area (Å²) < 4.78 is 6.77. The van der Waals surface area contributed by atoms with Gasteiger partial charge in [-0.3, -0.25) is 4.79 Å². The summed E-state index contributed by atoms with van der Waals surface area (Å²) in [6.07, 6.45) is 2.63. The van der Waals surface area contributed by atoms with Crippen molar-refractivity contribution in [2.45, 2.75) is 12.8 Å². The van der Waals surface area contributed by atoms with Crippen molar-refractivity contribution in [3.8, 4) is 17.0 Å². The van der Waals surface area contributed by atoms with Gasteiger partial charge in [-0.15, -0.1) is 10.2 Å². The first-order valence-electron chi connectivity index (χ1n) is 8.91. The molecule has 4 rings (SSSR count). The first kappa shape index (κ1) is 17.7. The number of aromatic nitrogens is 4. The Labute approximate surface area is 162 Å². The monoisotopic (exact) mass is 373 g/mol. The summed E-state index contributed by atoms with van der Waals surface area (Å²) in [7, 11) is 1.64. The van der Waals surface area contributed by atoms with Crippen molar-refractivity contribution in [1.82, 2.24) is 19.8 Å². The van der Waals surface area contributed by atoms with Gasteiger partial charge in [-0.2, -0.15) is 9.61 Å². The second kappa shape index (κ2) is 7.87. The molecule has 0 radical (unpaired) electrons. The molecule has 0 aliphatic heterocycles. The van der Waals surface area contributed by atoms with E-state index >= 15 is 0 Å². The molecule has 0 fully saturated rings. The largest absolute Gasteiger partial charge is 0.497 e. The molecule has 0 spiro atoms. The number of amides is 1. The maximum atomic E-state index is 12.3. The topological polar surface area (TPSA) is 81.4 Å². The van der Waals surface area contributed by atoms with E-state index in [-0.39, 0.29) is 5.91 Å². The number of hydrogen-bond donors (Lipinski definition) is 1. The van der Waals surface area contributed by atoms with E-state index in [4.69, 9.17) is 4.74 Å². The SMILES string of the molecule is COc1ccc(CCC(=O)Nc2cccc(-c3ccc4nncn4n3)c2)cc1. The lowest BCUT2D eigenvalue weighted by atomic mass is 10.1. The summed E-state index contributed by atoms with van der Waals surface area (Å²) in [6, 6.07) is 19.1.